The van der Waals surface area contributed by atoms with Crippen LogP contribution in [0.4, 0.5) is 19.3 Å². The Morgan fingerprint density at radius 1 is 1.10 bits per heavy atom. The molecule has 1 heterocycles. The fraction of sp³-hybridized carbons (Fsp3) is 0.238. The first-order valence-corrected chi connectivity index (χ1v) is 9.09. The van der Waals surface area contributed by atoms with Crippen molar-refractivity contribution in [3.8, 4) is 6.07 Å². The molecular formula is C21H18F2N4O3. The van der Waals surface area contributed by atoms with E-state index >= 15 is 0 Å². The fourth-order valence-corrected chi connectivity index (χ4v) is 3.22. The predicted molar refractivity (Wildman–Crippen MR) is 103 cm³/mol. The first-order chi connectivity index (χ1) is 14.3. The number of hydrogen-bond donors (Lipinski definition) is 1. The summed E-state index contributed by atoms with van der Waals surface area (Å²) in [5.74, 6) is -2.25. The molecule has 0 aromatic heterocycles. The maximum absolute atomic E-state index is 13.2. The first kappa shape index (κ1) is 20.9. The number of benzene rings is 2. The first-order valence-electron chi connectivity index (χ1n) is 9.09. The van der Waals surface area contributed by atoms with E-state index in [-0.39, 0.29) is 13.0 Å². The van der Waals surface area contributed by atoms with Crippen LogP contribution in [0.5, 0.6) is 0 Å². The number of urea groups is 1. The number of imide groups is 1. The summed E-state index contributed by atoms with van der Waals surface area (Å²) in [4.78, 5) is 40.3. The molecule has 2 aromatic rings. The molecule has 1 saturated heterocycles. The third-order valence-corrected chi connectivity index (χ3v) is 4.88. The quantitative estimate of drug-likeness (QED) is 0.739. The predicted octanol–water partition coefficient (Wildman–Crippen LogP) is 2.68. The van der Waals surface area contributed by atoms with Crippen LogP contribution < -0.4 is 10.2 Å². The van der Waals surface area contributed by atoms with Gasteiger partial charge in [0, 0.05) is 12.2 Å². The standard InChI is InChI=1S/C21H18F2N4O3/c1-21(14-3-5-15(22)6-4-14)19(29)27(20(30)25-21)13-18(28)26(12-2-11-24)17-9-7-16(23)8-10-17/h3-10H,2,12-13H2,1H3,(H,25,30)/t21-/m0/s1. The topological polar surface area (TPSA) is 93.5 Å². The van der Waals surface area contributed by atoms with Crippen molar-refractivity contribution < 1.29 is 23.2 Å². The van der Waals surface area contributed by atoms with Gasteiger partial charge in [0.1, 0.15) is 23.7 Å². The molecule has 1 fully saturated rings. The smallest absolute Gasteiger partial charge is 0.319 e. The second-order valence-corrected chi connectivity index (χ2v) is 6.88. The number of rotatable bonds is 6. The van der Waals surface area contributed by atoms with E-state index in [1.165, 1.54) is 60.4 Å². The van der Waals surface area contributed by atoms with Gasteiger partial charge >= 0.3 is 6.03 Å². The van der Waals surface area contributed by atoms with Gasteiger partial charge in [0.05, 0.1) is 12.5 Å². The lowest BCUT2D eigenvalue weighted by atomic mass is 9.92. The SMILES string of the molecule is C[C@@]1(c2ccc(F)cc2)NC(=O)N(CC(=O)N(CCC#N)c2ccc(F)cc2)C1=O. The van der Waals surface area contributed by atoms with Crippen molar-refractivity contribution in [2.75, 3.05) is 18.0 Å². The Labute approximate surface area is 171 Å². The van der Waals surface area contributed by atoms with E-state index in [2.05, 4.69) is 5.32 Å². The second kappa shape index (κ2) is 8.29. The number of hydrogen-bond acceptors (Lipinski definition) is 4. The Morgan fingerprint density at radius 2 is 1.67 bits per heavy atom. The fourth-order valence-electron chi connectivity index (χ4n) is 3.22. The van der Waals surface area contributed by atoms with Crippen molar-refractivity contribution in [3.05, 3.63) is 65.7 Å². The van der Waals surface area contributed by atoms with Crippen LogP contribution in [0.1, 0.15) is 18.9 Å². The second-order valence-electron chi connectivity index (χ2n) is 6.88. The lowest BCUT2D eigenvalue weighted by Crippen LogP contribution is -2.45. The van der Waals surface area contributed by atoms with Crippen LogP contribution in [-0.4, -0.2) is 35.8 Å². The maximum atomic E-state index is 13.2. The molecule has 0 aliphatic carbocycles. The van der Waals surface area contributed by atoms with Gasteiger partial charge in [0.15, 0.2) is 0 Å². The number of carbonyl (C=O) groups excluding carboxylic acids is 3. The van der Waals surface area contributed by atoms with Crippen molar-refractivity contribution in [2.24, 2.45) is 0 Å². The van der Waals surface area contributed by atoms with Crippen LogP contribution >= 0.6 is 0 Å². The van der Waals surface area contributed by atoms with E-state index in [4.69, 9.17) is 5.26 Å². The van der Waals surface area contributed by atoms with Gasteiger partial charge in [-0.1, -0.05) is 12.1 Å². The van der Waals surface area contributed by atoms with Crippen LogP contribution in [0.25, 0.3) is 0 Å². The van der Waals surface area contributed by atoms with Gasteiger partial charge in [-0.3, -0.25) is 14.5 Å². The molecule has 0 saturated carbocycles. The van der Waals surface area contributed by atoms with Gasteiger partial charge in [-0.15, -0.1) is 0 Å². The Bertz CT molecular complexity index is 1020. The van der Waals surface area contributed by atoms with E-state index < -0.39 is 41.6 Å². The largest absolute Gasteiger partial charge is 0.325 e. The van der Waals surface area contributed by atoms with Crippen molar-refractivity contribution in [2.45, 2.75) is 18.9 Å². The highest BCUT2D eigenvalue weighted by atomic mass is 19.1. The lowest BCUT2D eigenvalue weighted by Gasteiger charge is -2.25. The molecular weight excluding hydrogens is 394 g/mol. The minimum Gasteiger partial charge on any atom is -0.319 e. The lowest BCUT2D eigenvalue weighted by molar-refractivity contribution is -0.134. The highest BCUT2D eigenvalue weighted by molar-refractivity contribution is 6.10. The van der Waals surface area contributed by atoms with Crippen molar-refractivity contribution >= 4 is 23.5 Å². The van der Waals surface area contributed by atoms with E-state index in [0.717, 1.165) is 4.90 Å². The van der Waals surface area contributed by atoms with Crippen LogP contribution in [0.2, 0.25) is 0 Å². The van der Waals surface area contributed by atoms with Gasteiger partial charge in [-0.05, 0) is 48.9 Å². The Kier molecular flexibility index (Phi) is 5.78. The molecule has 0 spiro atoms. The summed E-state index contributed by atoms with van der Waals surface area (Å²) in [5, 5.41) is 11.4. The third-order valence-electron chi connectivity index (χ3n) is 4.88. The summed E-state index contributed by atoms with van der Waals surface area (Å²) in [6.07, 6.45) is 0.0105. The molecule has 9 heteroatoms. The van der Waals surface area contributed by atoms with Crippen LogP contribution in [0.3, 0.4) is 0 Å². The summed E-state index contributed by atoms with van der Waals surface area (Å²) in [7, 11) is 0. The summed E-state index contributed by atoms with van der Waals surface area (Å²) >= 11 is 0. The van der Waals surface area contributed by atoms with E-state index in [9.17, 15) is 23.2 Å². The monoisotopic (exact) mass is 412 g/mol. The molecule has 4 amide bonds. The summed E-state index contributed by atoms with van der Waals surface area (Å²) in [6, 6.07) is 11.4. The molecule has 0 unspecified atom stereocenters. The zero-order valence-corrected chi connectivity index (χ0v) is 16.1. The Morgan fingerprint density at radius 3 is 2.23 bits per heavy atom. The average Bonchev–Trinajstić information content (AvgIpc) is 2.94. The number of nitriles is 1. The van der Waals surface area contributed by atoms with Crippen LogP contribution in [-0.2, 0) is 15.1 Å². The number of anilines is 1. The van der Waals surface area contributed by atoms with E-state index in [1.807, 2.05) is 6.07 Å². The summed E-state index contributed by atoms with van der Waals surface area (Å²) < 4.78 is 26.4. The molecule has 1 aliphatic rings. The highest BCUT2D eigenvalue weighted by Crippen LogP contribution is 2.29. The number of carbonyl (C=O) groups is 3. The van der Waals surface area contributed by atoms with Crippen LogP contribution in [0.15, 0.2) is 48.5 Å². The summed E-state index contributed by atoms with van der Waals surface area (Å²) in [6.45, 7) is 0.919. The molecule has 1 atom stereocenters. The van der Waals surface area contributed by atoms with E-state index in [1.54, 1.807) is 0 Å². The van der Waals surface area contributed by atoms with Gasteiger partial charge in [0.2, 0.25) is 5.91 Å². The number of amides is 4. The zero-order valence-electron chi connectivity index (χ0n) is 16.1. The Hall–Kier alpha value is -3.80. The minimum atomic E-state index is -1.45. The number of nitrogens with zero attached hydrogens (tertiary/aromatic N) is 3. The molecule has 0 bridgehead atoms. The minimum absolute atomic E-state index is 0.0105. The molecule has 0 radical (unpaired) electrons. The van der Waals surface area contributed by atoms with Gasteiger partial charge in [0.25, 0.3) is 5.91 Å². The highest BCUT2D eigenvalue weighted by Gasteiger charge is 2.49. The van der Waals surface area contributed by atoms with Crippen molar-refractivity contribution in [3.63, 3.8) is 0 Å². The zero-order chi connectivity index (χ0) is 21.9. The molecule has 1 aliphatic heterocycles. The molecule has 154 valence electrons. The normalized spacial score (nSPS) is 18.1. The molecule has 2 aromatic carbocycles. The third kappa shape index (κ3) is 3.98. The van der Waals surface area contributed by atoms with Crippen molar-refractivity contribution in [1.29, 1.82) is 5.26 Å². The van der Waals surface area contributed by atoms with Crippen molar-refractivity contribution in [1.82, 2.24) is 10.2 Å². The van der Waals surface area contributed by atoms with Gasteiger partial charge in [-0.25, -0.2) is 13.6 Å². The number of halogens is 2. The molecule has 1 N–H and O–H groups in total. The maximum Gasteiger partial charge on any atom is 0.325 e. The summed E-state index contributed by atoms with van der Waals surface area (Å²) in [5.41, 5.74) is -0.736. The molecule has 30 heavy (non-hydrogen) atoms. The van der Waals surface area contributed by atoms with Gasteiger partial charge in [-0.2, -0.15) is 5.26 Å². The molecule has 3 rings (SSSR count). The van der Waals surface area contributed by atoms with E-state index in [0.29, 0.717) is 11.3 Å². The average molecular weight is 412 g/mol. The molecule has 7 nitrogen and oxygen atoms in total. The van der Waals surface area contributed by atoms with Crippen LogP contribution in [0, 0.1) is 23.0 Å². The van der Waals surface area contributed by atoms with Gasteiger partial charge < -0.3 is 10.2 Å². The Balaban J connectivity index is 1.82. The number of nitrogens with one attached hydrogen (secondary N) is 1.